The van der Waals surface area contributed by atoms with E-state index in [1.54, 1.807) is 0 Å². The van der Waals surface area contributed by atoms with Gasteiger partial charge in [-0.3, -0.25) is 9.88 Å². The van der Waals surface area contributed by atoms with Gasteiger partial charge in [-0.1, -0.05) is 42.0 Å². The summed E-state index contributed by atoms with van der Waals surface area (Å²) >= 11 is 0. The van der Waals surface area contributed by atoms with E-state index in [4.69, 9.17) is 0 Å². The Bertz CT molecular complexity index is 599. The minimum absolute atomic E-state index is 0. The molecule has 1 aromatic heterocycles. The summed E-state index contributed by atoms with van der Waals surface area (Å²) in [4.78, 5) is 7.05. The van der Waals surface area contributed by atoms with Gasteiger partial charge < -0.3 is 0 Å². The van der Waals surface area contributed by atoms with Gasteiger partial charge in [-0.05, 0) is 50.6 Å². The quantitative estimate of drug-likeness (QED) is 0.782. The molecule has 0 aliphatic carbocycles. The maximum atomic E-state index is 4.54. The average Bonchev–Trinajstić information content (AvgIpc) is 3.04. The van der Waals surface area contributed by atoms with Crippen molar-refractivity contribution in [2.45, 2.75) is 19.8 Å². The number of aromatic nitrogens is 1. The zero-order valence-corrected chi connectivity index (χ0v) is 14.9. The van der Waals surface area contributed by atoms with Crippen LogP contribution in [0, 0.1) is 6.92 Å². The van der Waals surface area contributed by atoms with E-state index in [1.807, 2.05) is 12.3 Å². The third-order valence-electron chi connectivity index (χ3n) is 4.06. The van der Waals surface area contributed by atoms with Crippen molar-refractivity contribution in [1.82, 2.24) is 9.88 Å². The molecule has 1 aromatic carbocycles. The van der Waals surface area contributed by atoms with Gasteiger partial charge in [0, 0.05) is 36.3 Å². The number of likely N-dealkylation sites (tertiary alicyclic amines) is 1. The topological polar surface area (TPSA) is 16.1 Å². The summed E-state index contributed by atoms with van der Waals surface area (Å²) in [5.41, 5.74) is 4.83. The summed E-state index contributed by atoms with van der Waals surface area (Å²) in [5, 5.41) is 0. The first kappa shape index (κ1) is 17.0. The van der Waals surface area contributed by atoms with Gasteiger partial charge in [-0.25, -0.2) is 0 Å². The second-order valence-corrected chi connectivity index (χ2v) is 5.71. The maximum Gasteiger partial charge on any atom is 0.0705 e. The molecule has 0 bridgehead atoms. The van der Waals surface area contributed by atoms with E-state index in [9.17, 15) is 0 Å². The van der Waals surface area contributed by atoms with Crippen molar-refractivity contribution in [1.29, 1.82) is 0 Å². The molecule has 22 heavy (non-hydrogen) atoms. The predicted molar refractivity (Wildman–Crippen MR) is 93.9 cm³/mol. The molecule has 3 radical (unpaired) electrons. The molecule has 0 atom stereocenters. The Balaban J connectivity index is 0.00000176. The van der Waals surface area contributed by atoms with Crippen molar-refractivity contribution in [3.05, 3.63) is 71.6 Å². The van der Waals surface area contributed by atoms with Crippen LogP contribution in [0.1, 0.15) is 29.7 Å². The van der Waals surface area contributed by atoms with Crippen LogP contribution >= 0.6 is 0 Å². The van der Waals surface area contributed by atoms with Crippen molar-refractivity contribution in [2.24, 2.45) is 0 Å². The molecular weight excluding hydrogens is 331 g/mol. The molecule has 0 spiro atoms. The molecule has 0 N–H and O–H groups in total. The fourth-order valence-corrected chi connectivity index (χ4v) is 2.81. The molecule has 1 aliphatic rings. The summed E-state index contributed by atoms with van der Waals surface area (Å²) in [6.45, 7) is 5.58. The van der Waals surface area contributed by atoms with Crippen molar-refractivity contribution < 1.29 is 0 Å². The zero-order chi connectivity index (χ0) is 14.5. The number of benzene rings is 1. The van der Waals surface area contributed by atoms with Gasteiger partial charge in [0.25, 0.3) is 0 Å². The summed E-state index contributed by atoms with van der Waals surface area (Å²) in [5.74, 6) is 0. The first-order valence-electron chi connectivity index (χ1n) is 7.74. The van der Waals surface area contributed by atoms with Crippen LogP contribution in [0.3, 0.4) is 0 Å². The van der Waals surface area contributed by atoms with Crippen LogP contribution in [-0.2, 0) is 0 Å². The van der Waals surface area contributed by atoms with Crippen LogP contribution in [-0.4, -0.2) is 47.5 Å². The van der Waals surface area contributed by atoms with Crippen LogP contribution in [0.2, 0.25) is 0 Å². The molecule has 0 amide bonds. The second-order valence-electron chi connectivity index (χ2n) is 5.71. The number of nitrogens with zero attached hydrogens (tertiary/aromatic N) is 2. The van der Waals surface area contributed by atoms with Crippen LogP contribution in [0.4, 0.5) is 0 Å². The summed E-state index contributed by atoms with van der Waals surface area (Å²) in [7, 11) is 0. The van der Waals surface area contributed by atoms with Crippen LogP contribution in [0.25, 0.3) is 5.57 Å². The van der Waals surface area contributed by atoms with E-state index in [0.717, 1.165) is 12.2 Å². The first-order valence-corrected chi connectivity index (χ1v) is 7.74. The van der Waals surface area contributed by atoms with Crippen molar-refractivity contribution in [2.75, 3.05) is 19.6 Å². The van der Waals surface area contributed by atoms with Gasteiger partial charge in [0.1, 0.15) is 0 Å². The van der Waals surface area contributed by atoms with Gasteiger partial charge >= 0.3 is 0 Å². The maximum absolute atomic E-state index is 4.54. The summed E-state index contributed by atoms with van der Waals surface area (Å²) in [6, 6.07) is 14.8. The number of pyridine rings is 1. The van der Waals surface area contributed by atoms with Crippen LogP contribution < -0.4 is 0 Å². The van der Waals surface area contributed by atoms with E-state index in [1.165, 1.54) is 42.6 Å². The molecular formula is C19H22AsN2. The largest absolute Gasteiger partial charge is 0.300 e. The smallest absolute Gasteiger partial charge is 0.0705 e. The molecule has 3 rings (SSSR count). The summed E-state index contributed by atoms with van der Waals surface area (Å²) in [6.07, 6.45) is 6.86. The number of rotatable bonds is 4. The number of hydrogen-bond acceptors (Lipinski definition) is 2. The third-order valence-corrected chi connectivity index (χ3v) is 4.06. The zero-order valence-electron chi connectivity index (χ0n) is 13.1. The molecule has 3 heteroatoms. The van der Waals surface area contributed by atoms with Crippen molar-refractivity contribution >= 4 is 23.5 Å². The third kappa shape index (κ3) is 4.31. The molecule has 1 aliphatic heterocycles. The predicted octanol–water partition coefficient (Wildman–Crippen LogP) is 3.54. The van der Waals surface area contributed by atoms with Crippen LogP contribution in [0.5, 0.6) is 0 Å². The Kier molecular flexibility index (Phi) is 6.42. The molecule has 0 unspecified atom stereocenters. The standard InChI is InChI=1S/C19H22N2.As/c1-16-7-9-17(10-8-16)18(19-6-2-3-12-20-19)11-15-21-13-4-5-14-21;/h2-3,6-12H,4-5,13-15H2,1H3;/b18-11+;. The molecule has 1 saturated heterocycles. The molecule has 1 fully saturated rings. The molecule has 0 saturated carbocycles. The number of aryl methyl sites for hydroxylation is 1. The molecule has 113 valence electrons. The molecule has 2 aromatic rings. The SMILES string of the molecule is Cc1ccc(/C(=C\CN2CCCC2)c2ccccn2)cc1.[As]. The fraction of sp³-hybridized carbons (Fsp3) is 0.316. The van der Waals surface area contributed by atoms with E-state index in [-0.39, 0.29) is 18.0 Å². The number of hydrogen-bond donors (Lipinski definition) is 0. The first-order chi connectivity index (χ1) is 10.3. The average molecular weight is 353 g/mol. The molecule has 2 heterocycles. The Morgan fingerprint density at radius 2 is 1.82 bits per heavy atom. The normalized spacial score (nSPS) is 15.6. The Morgan fingerprint density at radius 1 is 1.09 bits per heavy atom. The van der Waals surface area contributed by atoms with Gasteiger partial charge in [0.2, 0.25) is 0 Å². The molecule has 2 nitrogen and oxygen atoms in total. The Hall–Kier alpha value is -1.37. The van der Waals surface area contributed by atoms with E-state index in [2.05, 4.69) is 59.3 Å². The van der Waals surface area contributed by atoms with Crippen LogP contribution in [0.15, 0.2) is 54.7 Å². The van der Waals surface area contributed by atoms with E-state index >= 15 is 0 Å². The van der Waals surface area contributed by atoms with Crippen molar-refractivity contribution in [3.63, 3.8) is 0 Å². The second kappa shape index (κ2) is 8.31. The minimum Gasteiger partial charge on any atom is -0.300 e. The Labute approximate surface area is 144 Å². The van der Waals surface area contributed by atoms with Gasteiger partial charge in [-0.2, -0.15) is 0 Å². The van der Waals surface area contributed by atoms with Gasteiger partial charge in [0.15, 0.2) is 0 Å². The summed E-state index contributed by atoms with van der Waals surface area (Å²) < 4.78 is 0. The van der Waals surface area contributed by atoms with Crippen molar-refractivity contribution in [3.8, 4) is 0 Å². The van der Waals surface area contributed by atoms with Gasteiger partial charge in [0.05, 0.1) is 5.69 Å². The van der Waals surface area contributed by atoms with E-state index < -0.39 is 0 Å². The minimum atomic E-state index is 0. The van der Waals surface area contributed by atoms with E-state index in [0.29, 0.717) is 0 Å². The Morgan fingerprint density at radius 3 is 2.45 bits per heavy atom. The monoisotopic (exact) mass is 353 g/mol. The fourth-order valence-electron chi connectivity index (χ4n) is 2.81. The van der Waals surface area contributed by atoms with Gasteiger partial charge in [-0.15, -0.1) is 0 Å².